The summed E-state index contributed by atoms with van der Waals surface area (Å²) >= 11 is 0. The summed E-state index contributed by atoms with van der Waals surface area (Å²) in [7, 11) is 0. The van der Waals surface area contributed by atoms with Crippen LogP contribution in [0, 0.1) is 12.7 Å². The van der Waals surface area contributed by atoms with Gasteiger partial charge in [-0.15, -0.1) is 0 Å². The quantitative estimate of drug-likeness (QED) is 0.859. The Morgan fingerprint density at radius 2 is 1.85 bits per heavy atom. The van der Waals surface area contributed by atoms with Crippen LogP contribution < -0.4 is 5.32 Å². The van der Waals surface area contributed by atoms with Crippen molar-refractivity contribution in [2.24, 2.45) is 0 Å². The topological polar surface area (TPSA) is 25.2 Å². The minimum absolute atomic E-state index is 0.198. The number of rotatable bonds is 4. The fourth-order valence-electron chi connectivity index (χ4n) is 1.81. The van der Waals surface area contributed by atoms with E-state index in [0.717, 1.165) is 17.9 Å². The summed E-state index contributed by atoms with van der Waals surface area (Å²) in [6.07, 6.45) is -4.68. The Bertz CT molecular complexity index is 589. The van der Waals surface area contributed by atoms with Crippen molar-refractivity contribution < 1.29 is 22.0 Å². The maximum atomic E-state index is 13.1. The van der Waals surface area contributed by atoms with Crippen LogP contribution in [0.15, 0.2) is 34.7 Å². The molecule has 0 bridgehead atoms. The first-order chi connectivity index (χ1) is 9.36. The highest BCUT2D eigenvalue weighted by molar-refractivity contribution is 5.27. The monoisotopic (exact) mass is 287 g/mol. The molecule has 0 amide bonds. The Morgan fingerprint density at radius 1 is 1.10 bits per heavy atom. The molecule has 0 fully saturated rings. The second-order valence-electron chi connectivity index (χ2n) is 4.43. The molecule has 2 rings (SSSR count). The van der Waals surface area contributed by atoms with Gasteiger partial charge in [0.05, 0.1) is 12.1 Å². The first kappa shape index (κ1) is 14.6. The van der Waals surface area contributed by atoms with Crippen molar-refractivity contribution in [3.8, 4) is 0 Å². The fourth-order valence-corrected chi connectivity index (χ4v) is 1.81. The van der Waals surface area contributed by atoms with E-state index in [1.54, 1.807) is 19.1 Å². The predicted molar refractivity (Wildman–Crippen MR) is 65.4 cm³/mol. The highest BCUT2D eigenvalue weighted by Gasteiger charge is 2.34. The third-order valence-corrected chi connectivity index (χ3v) is 2.76. The summed E-state index contributed by atoms with van der Waals surface area (Å²) < 4.78 is 56.0. The molecule has 0 saturated carbocycles. The van der Waals surface area contributed by atoms with Gasteiger partial charge in [0.2, 0.25) is 0 Å². The lowest BCUT2D eigenvalue weighted by molar-refractivity contribution is -0.140. The van der Waals surface area contributed by atoms with Gasteiger partial charge >= 0.3 is 6.18 Å². The van der Waals surface area contributed by atoms with E-state index in [4.69, 9.17) is 4.42 Å². The average Bonchev–Trinajstić information content (AvgIpc) is 2.76. The first-order valence-electron chi connectivity index (χ1n) is 5.98. The largest absolute Gasteiger partial charge is 0.465 e. The molecule has 6 heteroatoms. The zero-order chi connectivity index (χ0) is 14.8. The van der Waals surface area contributed by atoms with Gasteiger partial charge in [0, 0.05) is 6.54 Å². The molecule has 1 N–H and O–H groups in total. The van der Waals surface area contributed by atoms with E-state index in [-0.39, 0.29) is 6.54 Å². The third-order valence-electron chi connectivity index (χ3n) is 2.76. The van der Waals surface area contributed by atoms with Gasteiger partial charge in [0.25, 0.3) is 0 Å². The smallest absolute Gasteiger partial charge is 0.419 e. The normalized spacial score (nSPS) is 11.8. The van der Waals surface area contributed by atoms with Gasteiger partial charge in [-0.1, -0.05) is 6.07 Å². The molecule has 108 valence electrons. The highest BCUT2D eigenvalue weighted by Crippen LogP contribution is 2.31. The number of hydrogen-bond acceptors (Lipinski definition) is 2. The fraction of sp³-hybridized carbons (Fsp3) is 0.286. The van der Waals surface area contributed by atoms with Crippen LogP contribution in [0.3, 0.4) is 0 Å². The molecule has 20 heavy (non-hydrogen) atoms. The molecule has 1 aromatic carbocycles. The molecule has 0 saturated heterocycles. The Hall–Kier alpha value is -1.82. The summed E-state index contributed by atoms with van der Waals surface area (Å²) in [5, 5.41) is 2.95. The molecule has 1 aromatic heterocycles. The van der Waals surface area contributed by atoms with Crippen LogP contribution in [0.5, 0.6) is 0 Å². The number of furan rings is 1. The summed E-state index contributed by atoms with van der Waals surface area (Å²) in [6, 6.07) is 6.56. The van der Waals surface area contributed by atoms with Gasteiger partial charge in [-0.05, 0) is 36.8 Å². The van der Waals surface area contributed by atoms with Crippen molar-refractivity contribution in [1.82, 2.24) is 5.32 Å². The molecule has 0 unspecified atom stereocenters. The van der Waals surface area contributed by atoms with E-state index < -0.39 is 17.6 Å². The molecular weight excluding hydrogens is 274 g/mol. The number of nitrogens with one attached hydrogen (secondary N) is 1. The van der Waals surface area contributed by atoms with E-state index in [9.17, 15) is 17.6 Å². The van der Waals surface area contributed by atoms with Gasteiger partial charge in [-0.25, -0.2) is 4.39 Å². The maximum absolute atomic E-state index is 13.1. The van der Waals surface area contributed by atoms with Crippen molar-refractivity contribution in [1.29, 1.82) is 0 Å². The Kier molecular flexibility index (Phi) is 4.13. The van der Waals surface area contributed by atoms with Crippen LogP contribution in [0.25, 0.3) is 0 Å². The van der Waals surface area contributed by atoms with E-state index in [1.807, 2.05) is 0 Å². The van der Waals surface area contributed by atoms with E-state index >= 15 is 0 Å². The molecule has 2 aromatic rings. The molecule has 2 nitrogen and oxygen atoms in total. The minimum atomic E-state index is -4.68. The summed E-state index contributed by atoms with van der Waals surface area (Å²) in [6.45, 7) is 2.40. The minimum Gasteiger partial charge on any atom is -0.465 e. The number of benzene rings is 1. The lowest BCUT2D eigenvalue weighted by Gasteiger charge is -2.10. The van der Waals surface area contributed by atoms with Gasteiger partial charge in [0.1, 0.15) is 17.3 Å². The summed E-state index contributed by atoms with van der Waals surface area (Å²) in [5.41, 5.74) is -0.882. The van der Waals surface area contributed by atoms with Crippen LogP contribution in [0.2, 0.25) is 0 Å². The number of hydrogen-bond donors (Lipinski definition) is 1. The number of aryl methyl sites for hydroxylation is 1. The van der Waals surface area contributed by atoms with Gasteiger partial charge in [-0.3, -0.25) is 0 Å². The zero-order valence-corrected chi connectivity index (χ0v) is 10.7. The van der Waals surface area contributed by atoms with Crippen LogP contribution in [-0.2, 0) is 19.3 Å². The molecule has 0 radical (unpaired) electrons. The van der Waals surface area contributed by atoms with Crippen molar-refractivity contribution in [3.05, 3.63) is 58.8 Å². The Morgan fingerprint density at radius 3 is 2.45 bits per heavy atom. The van der Waals surface area contributed by atoms with Gasteiger partial charge in [-0.2, -0.15) is 13.2 Å². The van der Waals surface area contributed by atoms with Gasteiger partial charge < -0.3 is 9.73 Å². The van der Waals surface area contributed by atoms with E-state index in [0.29, 0.717) is 17.9 Å². The van der Waals surface area contributed by atoms with E-state index in [2.05, 4.69) is 5.32 Å². The maximum Gasteiger partial charge on any atom is 0.419 e. The second-order valence-corrected chi connectivity index (χ2v) is 4.43. The van der Waals surface area contributed by atoms with Crippen LogP contribution >= 0.6 is 0 Å². The Labute approximate surface area is 113 Å². The highest BCUT2D eigenvalue weighted by atomic mass is 19.4. The van der Waals surface area contributed by atoms with Crippen LogP contribution in [-0.4, -0.2) is 0 Å². The standard InChI is InChI=1S/C14H13F4NO/c1-9-2-4-11(20-9)8-19-7-10-3-5-13(15)12(6-10)14(16,17)18/h2-6,19H,7-8H2,1H3. The molecule has 1 heterocycles. The molecular formula is C14H13F4NO. The lowest BCUT2D eigenvalue weighted by Crippen LogP contribution is -2.14. The van der Waals surface area contributed by atoms with Gasteiger partial charge in [0.15, 0.2) is 0 Å². The van der Waals surface area contributed by atoms with E-state index in [1.165, 1.54) is 6.07 Å². The lowest BCUT2D eigenvalue weighted by atomic mass is 10.1. The summed E-state index contributed by atoms with van der Waals surface area (Å²) in [5.74, 6) is 0.200. The van der Waals surface area contributed by atoms with Crippen molar-refractivity contribution in [2.75, 3.05) is 0 Å². The Balaban J connectivity index is 2.00. The molecule has 0 aliphatic carbocycles. The van der Waals surface area contributed by atoms with Crippen molar-refractivity contribution in [2.45, 2.75) is 26.2 Å². The second kappa shape index (κ2) is 5.66. The zero-order valence-electron chi connectivity index (χ0n) is 10.7. The van der Waals surface area contributed by atoms with Crippen molar-refractivity contribution >= 4 is 0 Å². The van der Waals surface area contributed by atoms with Crippen molar-refractivity contribution in [3.63, 3.8) is 0 Å². The molecule has 0 aliphatic rings. The average molecular weight is 287 g/mol. The third kappa shape index (κ3) is 3.60. The number of alkyl halides is 3. The molecule has 0 spiro atoms. The summed E-state index contributed by atoms with van der Waals surface area (Å²) in [4.78, 5) is 0. The SMILES string of the molecule is Cc1ccc(CNCc2ccc(F)c(C(F)(F)F)c2)o1. The number of halogens is 4. The molecule has 0 atom stereocenters. The van der Waals surface area contributed by atoms with Crippen LogP contribution in [0.1, 0.15) is 22.6 Å². The first-order valence-corrected chi connectivity index (χ1v) is 5.98. The predicted octanol–water partition coefficient (Wildman–Crippen LogP) is 4.04. The molecule has 0 aliphatic heterocycles. The van der Waals surface area contributed by atoms with Crippen LogP contribution in [0.4, 0.5) is 17.6 Å².